The number of aliphatic hydroxyl groups excluding tert-OH is 1. The maximum atomic E-state index is 12.5. The van der Waals surface area contributed by atoms with Crippen molar-refractivity contribution < 1.29 is 19.7 Å². The van der Waals surface area contributed by atoms with Crippen molar-refractivity contribution in [1.82, 2.24) is 4.98 Å². The molecule has 0 spiro atoms. The Kier molecular flexibility index (Phi) is 4.73. The molecule has 4 atom stereocenters. The number of aromatic nitrogens is 1. The number of hydrogen-bond acceptors (Lipinski definition) is 6. The molecule has 2 aromatic carbocycles. The number of rotatable bonds is 5. The maximum Gasteiger partial charge on any atom is 0.174 e. The first-order valence-corrected chi connectivity index (χ1v) is 10.5. The molecule has 1 aliphatic heterocycles. The number of nitrogens with two attached hydrogens (primary N) is 1. The number of aliphatic hydroxyl groups is 2. The van der Waals surface area contributed by atoms with E-state index in [-0.39, 0.29) is 12.5 Å². The van der Waals surface area contributed by atoms with Gasteiger partial charge in [0.15, 0.2) is 5.60 Å². The smallest absolute Gasteiger partial charge is 0.174 e. The second-order valence-corrected chi connectivity index (χ2v) is 8.30. The van der Waals surface area contributed by atoms with Crippen LogP contribution < -0.4 is 15.2 Å². The Labute approximate surface area is 181 Å². The van der Waals surface area contributed by atoms with Gasteiger partial charge in [-0.05, 0) is 23.1 Å². The fraction of sp³-hybridized carbons (Fsp3) is 0.320. The van der Waals surface area contributed by atoms with E-state index in [1.165, 1.54) is 0 Å². The summed E-state index contributed by atoms with van der Waals surface area (Å²) in [5.74, 6) is 0.276. The summed E-state index contributed by atoms with van der Waals surface area (Å²) < 4.78 is 12.3. The van der Waals surface area contributed by atoms with E-state index >= 15 is 0 Å². The standard InChI is InChI=1S/C25H26N2O4/c1-30-21-13-27-14-22-23(21)24(29)19(15-28)11-20(17-5-3-2-4-6-17)25(24,31-22)18-9-7-16(12-26)8-10-18/h2-10,13-14,19-20,28-29H,11-12,15,26H2,1H3/t19-,20+,24-,25+/m1/s1. The number of pyridine rings is 1. The molecule has 0 radical (unpaired) electrons. The van der Waals surface area contributed by atoms with Gasteiger partial charge in [-0.25, -0.2) is 0 Å². The molecule has 1 saturated carbocycles. The quantitative estimate of drug-likeness (QED) is 0.590. The van der Waals surface area contributed by atoms with Crippen molar-refractivity contribution in [3.63, 3.8) is 0 Å². The average molecular weight is 418 g/mol. The number of benzene rings is 2. The minimum absolute atomic E-state index is 0.184. The van der Waals surface area contributed by atoms with Crippen LogP contribution >= 0.6 is 0 Å². The van der Waals surface area contributed by atoms with Gasteiger partial charge in [0.05, 0.1) is 25.1 Å². The molecule has 1 fully saturated rings. The van der Waals surface area contributed by atoms with Gasteiger partial charge in [0, 0.05) is 25.0 Å². The number of ether oxygens (including phenoxy) is 2. The van der Waals surface area contributed by atoms with Gasteiger partial charge in [0.25, 0.3) is 0 Å². The highest BCUT2D eigenvalue weighted by atomic mass is 16.5. The lowest BCUT2D eigenvalue weighted by atomic mass is 9.70. The van der Waals surface area contributed by atoms with E-state index in [0.29, 0.717) is 30.0 Å². The highest BCUT2D eigenvalue weighted by molar-refractivity contribution is 5.58. The molecule has 6 heteroatoms. The molecule has 4 N–H and O–H groups in total. The summed E-state index contributed by atoms with van der Waals surface area (Å²) in [6, 6.07) is 17.9. The van der Waals surface area contributed by atoms with Crippen LogP contribution in [0.5, 0.6) is 11.5 Å². The first-order valence-electron chi connectivity index (χ1n) is 10.5. The van der Waals surface area contributed by atoms with Crippen LogP contribution in [0.4, 0.5) is 0 Å². The Morgan fingerprint density at radius 2 is 1.87 bits per heavy atom. The monoisotopic (exact) mass is 418 g/mol. The Balaban J connectivity index is 1.81. The van der Waals surface area contributed by atoms with Gasteiger partial charge in [0.2, 0.25) is 0 Å². The minimum atomic E-state index is -1.50. The molecule has 5 rings (SSSR count). The zero-order valence-electron chi connectivity index (χ0n) is 17.4. The third-order valence-electron chi connectivity index (χ3n) is 6.96. The summed E-state index contributed by atoms with van der Waals surface area (Å²) in [4.78, 5) is 4.25. The van der Waals surface area contributed by atoms with Crippen LogP contribution in [0.3, 0.4) is 0 Å². The van der Waals surface area contributed by atoms with E-state index in [4.69, 9.17) is 15.2 Å². The number of fused-ring (bicyclic) bond motifs is 3. The van der Waals surface area contributed by atoms with E-state index in [1.54, 1.807) is 19.5 Å². The van der Waals surface area contributed by atoms with Crippen molar-refractivity contribution in [2.24, 2.45) is 11.7 Å². The highest BCUT2D eigenvalue weighted by Gasteiger charge is 2.73. The zero-order valence-corrected chi connectivity index (χ0v) is 17.4. The Hall–Kier alpha value is -2.93. The normalized spacial score (nSPS) is 28.6. The first kappa shape index (κ1) is 20.0. The molecule has 160 valence electrons. The first-order chi connectivity index (χ1) is 15.1. The number of hydrogen-bond donors (Lipinski definition) is 3. The Bertz CT molecular complexity index is 1090. The summed E-state index contributed by atoms with van der Waals surface area (Å²) in [7, 11) is 1.55. The lowest BCUT2D eigenvalue weighted by Crippen LogP contribution is -2.51. The summed E-state index contributed by atoms with van der Waals surface area (Å²) in [6.45, 7) is 0.245. The fourth-order valence-electron chi connectivity index (χ4n) is 5.56. The molecule has 1 aromatic heterocycles. The molecule has 6 nitrogen and oxygen atoms in total. The third-order valence-corrected chi connectivity index (χ3v) is 6.96. The van der Waals surface area contributed by atoms with Crippen LogP contribution in [0.25, 0.3) is 0 Å². The topological polar surface area (TPSA) is 97.8 Å². The Morgan fingerprint density at radius 1 is 1.13 bits per heavy atom. The number of methoxy groups -OCH3 is 1. The van der Waals surface area contributed by atoms with E-state index in [9.17, 15) is 10.2 Å². The van der Waals surface area contributed by atoms with Gasteiger partial charge in [-0.3, -0.25) is 4.98 Å². The molecule has 31 heavy (non-hydrogen) atoms. The molecular formula is C25H26N2O4. The third kappa shape index (κ3) is 2.59. The van der Waals surface area contributed by atoms with E-state index < -0.39 is 17.1 Å². The van der Waals surface area contributed by atoms with Crippen molar-refractivity contribution in [3.05, 3.63) is 89.2 Å². The van der Waals surface area contributed by atoms with Crippen LogP contribution in [0.15, 0.2) is 67.0 Å². The second kappa shape index (κ2) is 7.34. The molecule has 3 aromatic rings. The maximum absolute atomic E-state index is 12.5. The van der Waals surface area contributed by atoms with Crippen LogP contribution in [0.1, 0.15) is 34.6 Å². The van der Waals surface area contributed by atoms with Gasteiger partial charge >= 0.3 is 0 Å². The molecule has 0 saturated heterocycles. The lowest BCUT2D eigenvalue weighted by molar-refractivity contribution is -0.135. The molecule has 1 aliphatic carbocycles. The van der Waals surface area contributed by atoms with Crippen molar-refractivity contribution in [2.45, 2.75) is 30.1 Å². The second-order valence-electron chi connectivity index (χ2n) is 8.30. The predicted molar refractivity (Wildman–Crippen MR) is 116 cm³/mol. The summed E-state index contributed by atoms with van der Waals surface area (Å²) in [5.41, 5.74) is 6.57. The van der Waals surface area contributed by atoms with Gasteiger partial charge < -0.3 is 25.4 Å². The van der Waals surface area contributed by atoms with Gasteiger partial charge in [0.1, 0.15) is 17.1 Å². The predicted octanol–water partition coefficient (Wildman–Crippen LogP) is 2.82. The van der Waals surface area contributed by atoms with Crippen LogP contribution in [0, 0.1) is 5.92 Å². The highest BCUT2D eigenvalue weighted by Crippen LogP contribution is 2.69. The Morgan fingerprint density at radius 3 is 2.52 bits per heavy atom. The van der Waals surface area contributed by atoms with Crippen molar-refractivity contribution in [2.75, 3.05) is 13.7 Å². The molecule has 2 aliphatic rings. The SMILES string of the molecule is COc1cncc2c1[C@]1(O)[C@@H](CO)C[C@@H](c3ccccc3)[C@]1(c1ccc(CN)cc1)O2. The van der Waals surface area contributed by atoms with Crippen molar-refractivity contribution >= 4 is 0 Å². The van der Waals surface area contributed by atoms with E-state index in [2.05, 4.69) is 4.98 Å². The van der Waals surface area contributed by atoms with E-state index in [1.807, 2.05) is 54.6 Å². The van der Waals surface area contributed by atoms with Crippen molar-refractivity contribution in [3.8, 4) is 11.5 Å². The molecule has 0 amide bonds. The van der Waals surface area contributed by atoms with Crippen LogP contribution in [-0.2, 0) is 17.7 Å². The summed E-state index contributed by atoms with van der Waals surface area (Å²) in [5, 5.41) is 22.9. The van der Waals surface area contributed by atoms with Gasteiger partial charge in [-0.2, -0.15) is 0 Å². The average Bonchev–Trinajstić information content (AvgIpc) is 3.24. The lowest BCUT2D eigenvalue weighted by Gasteiger charge is -2.41. The largest absolute Gasteiger partial charge is 0.495 e. The molecular weight excluding hydrogens is 392 g/mol. The van der Waals surface area contributed by atoms with Crippen molar-refractivity contribution in [1.29, 1.82) is 0 Å². The van der Waals surface area contributed by atoms with Crippen LogP contribution in [-0.4, -0.2) is 28.9 Å². The van der Waals surface area contributed by atoms with Gasteiger partial charge in [-0.1, -0.05) is 54.6 Å². The number of nitrogens with zero attached hydrogens (tertiary/aromatic N) is 1. The van der Waals surface area contributed by atoms with Crippen LogP contribution in [0.2, 0.25) is 0 Å². The summed E-state index contributed by atoms with van der Waals surface area (Å²) in [6.07, 6.45) is 3.75. The fourth-order valence-corrected chi connectivity index (χ4v) is 5.56. The van der Waals surface area contributed by atoms with Gasteiger partial charge in [-0.15, -0.1) is 0 Å². The summed E-state index contributed by atoms with van der Waals surface area (Å²) >= 11 is 0. The molecule has 2 heterocycles. The molecule has 0 unspecified atom stereocenters. The molecule has 0 bridgehead atoms. The van der Waals surface area contributed by atoms with E-state index in [0.717, 1.165) is 16.7 Å². The minimum Gasteiger partial charge on any atom is -0.495 e. The zero-order chi connectivity index (χ0) is 21.6.